The fourth-order valence-electron chi connectivity index (χ4n) is 1.69. The van der Waals surface area contributed by atoms with Gasteiger partial charge in [0, 0.05) is 26.9 Å². The van der Waals surface area contributed by atoms with Gasteiger partial charge < -0.3 is 19.3 Å². The van der Waals surface area contributed by atoms with E-state index >= 15 is 0 Å². The van der Waals surface area contributed by atoms with E-state index in [0.717, 1.165) is 6.42 Å². The van der Waals surface area contributed by atoms with Gasteiger partial charge in [-0.1, -0.05) is 6.92 Å². The fraction of sp³-hybridized carbons (Fsp3) is 0.846. The summed E-state index contributed by atoms with van der Waals surface area (Å²) in [6.07, 6.45) is 1.04. The van der Waals surface area contributed by atoms with Gasteiger partial charge in [0.25, 0.3) is 0 Å². The van der Waals surface area contributed by atoms with E-state index < -0.39 is 17.4 Å². The molecule has 0 spiro atoms. The Bertz CT molecular complexity index is 278. The van der Waals surface area contributed by atoms with Crippen molar-refractivity contribution >= 4 is 11.9 Å². The lowest BCUT2D eigenvalue weighted by atomic mass is 9.82. The first-order chi connectivity index (χ1) is 9.05. The molecule has 0 radical (unpaired) electrons. The van der Waals surface area contributed by atoms with Crippen LogP contribution in [0.1, 0.15) is 33.1 Å². The Morgan fingerprint density at radius 2 is 1.84 bits per heavy atom. The number of esters is 1. The lowest BCUT2D eigenvalue weighted by molar-refractivity contribution is -0.170. The van der Waals surface area contributed by atoms with Crippen molar-refractivity contribution in [2.45, 2.75) is 33.1 Å². The van der Waals surface area contributed by atoms with Gasteiger partial charge in [-0.3, -0.25) is 9.59 Å². The Balaban J connectivity index is 4.35. The summed E-state index contributed by atoms with van der Waals surface area (Å²) in [6, 6.07) is 0. The van der Waals surface area contributed by atoms with Crippen LogP contribution < -0.4 is 0 Å². The van der Waals surface area contributed by atoms with E-state index in [1.165, 1.54) is 0 Å². The van der Waals surface area contributed by atoms with Crippen LogP contribution in [0.4, 0.5) is 0 Å². The zero-order chi connectivity index (χ0) is 14.7. The monoisotopic (exact) mass is 276 g/mol. The molecule has 0 aromatic heterocycles. The molecule has 0 aromatic rings. The van der Waals surface area contributed by atoms with Gasteiger partial charge in [0.05, 0.1) is 6.61 Å². The second-order valence-corrected chi connectivity index (χ2v) is 4.17. The maximum absolute atomic E-state index is 11.8. The molecule has 0 heterocycles. The molecule has 0 bridgehead atoms. The number of carboxylic acid groups (broad SMARTS) is 1. The summed E-state index contributed by atoms with van der Waals surface area (Å²) in [5, 5.41) is 9.29. The van der Waals surface area contributed by atoms with E-state index in [0.29, 0.717) is 13.2 Å². The van der Waals surface area contributed by atoms with E-state index in [2.05, 4.69) is 0 Å². The number of aliphatic carboxylic acids is 1. The molecule has 0 fully saturated rings. The zero-order valence-corrected chi connectivity index (χ0v) is 11.9. The second-order valence-electron chi connectivity index (χ2n) is 4.17. The van der Waals surface area contributed by atoms with Gasteiger partial charge in [0.15, 0.2) is 5.41 Å². The van der Waals surface area contributed by atoms with Crippen molar-refractivity contribution in [3.63, 3.8) is 0 Å². The van der Waals surface area contributed by atoms with Gasteiger partial charge in [-0.25, -0.2) is 0 Å². The Morgan fingerprint density at radius 1 is 1.16 bits per heavy atom. The summed E-state index contributed by atoms with van der Waals surface area (Å²) in [5.74, 6) is -1.85. The number of carbonyl (C=O) groups excluding carboxylic acids is 1. The minimum Gasteiger partial charge on any atom is -0.480 e. The SMILES string of the molecule is CCOC(=O)C(CC)(CCOCCCOC)C(=O)O. The molecule has 19 heavy (non-hydrogen) atoms. The zero-order valence-electron chi connectivity index (χ0n) is 11.9. The first kappa shape index (κ1) is 17.9. The quantitative estimate of drug-likeness (QED) is 0.349. The predicted molar refractivity (Wildman–Crippen MR) is 68.9 cm³/mol. The maximum atomic E-state index is 11.8. The molecule has 0 saturated heterocycles. The third-order valence-electron chi connectivity index (χ3n) is 2.99. The van der Waals surface area contributed by atoms with E-state index in [1.807, 2.05) is 0 Å². The van der Waals surface area contributed by atoms with Crippen LogP contribution in [0.15, 0.2) is 0 Å². The average molecular weight is 276 g/mol. The summed E-state index contributed by atoms with van der Waals surface area (Å²) in [7, 11) is 1.60. The molecular weight excluding hydrogens is 252 g/mol. The Kier molecular flexibility index (Phi) is 9.16. The first-order valence-electron chi connectivity index (χ1n) is 6.52. The van der Waals surface area contributed by atoms with Crippen molar-refractivity contribution in [2.75, 3.05) is 33.5 Å². The second kappa shape index (κ2) is 9.75. The third-order valence-corrected chi connectivity index (χ3v) is 2.99. The number of carboxylic acids is 1. The third kappa shape index (κ3) is 5.57. The first-order valence-corrected chi connectivity index (χ1v) is 6.52. The van der Waals surface area contributed by atoms with Crippen molar-refractivity contribution in [1.29, 1.82) is 0 Å². The van der Waals surface area contributed by atoms with E-state index in [9.17, 15) is 14.7 Å². The van der Waals surface area contributed by atoms with Crippen LogP contribution in [0.5, 0.6) is 0 Å². The Labute approximate surface area is 114 Å². The van der Waals surface area contributed by atoms with Gasteiger partial charge in [-0.15, -0.1) is 0 Å². The number of hydrogen-bond donors (Lipinski definition) is 1. The standard InChI is InChI=1S/C13H24O6/c1-4-13(11(14)15,12(16)19-5-2)7-10-18-9-6-8-17-3/h4-10H2,1-3H3,(H,14,15). The minimum absolute atomic E-state index is 0.116. The maximum Gasteiger partial charge on any atom is 0.323 e. The smallest absolute Gasteiger partial charge is 0.323 e. The number of methoxy groups -OCH3 is 1. The fourth-order valence-corrected chi connectivity index (χ4v) is 1.69. The summed E-state index contributed by atoms with van der Waals surface area (Å²) in [6.45, 7) is 4.77. The van der Waals surface area contributed by atoms with Gasteiger partial charge in [-0.2, -0.15) is 0 Å². The topological polar surface area (TPSA) is 82.1 Å². The number of hydrogen-bond acceptors (Lipinski definition) is 5. The lowest BCUT2D eigenvalue weighted by Crippen LogP contribution is -2.41. The normalized spacial score (nSPS) is 13.8. The van der Waals surface area contributed by atoms with Crippen LogP contribution in [0.25, 0.3) is 0 Å². The molecule has 0 rings (SSSR count). The molecule has 0 aliphatic rings. The largest absolute Gasteiger partial charge is 0.480 e. The van der Waals surface area contributed by atoms with E-state index in [4.69, 9.17) is 14.2 Å². The van der Waals surface area contributed by atoms with Crippen molar-refractivity contribution in [2.24, 2.45) is 5.41 Å². The molecule has 0 aliphatic carbocycles. The summed E-state index contributed by atoms with van der Waals surface area (Å²) in [5.41, 5.74) is -1.50. The molecule has 1 atom stereocenters. The van der Waals surface area contributed by atoms with Crippen molar-refractivity contribution in [3.05, 3.63) is 0 Å². The number of ether oxygens (including phenoxy) is 3. The van der Waals surface area contributed by atoms with Gasteiger partial charge in [0.2, 0.25) is 0 Å². The molecule has 0 saturated carbocycles. The van der Waals surface area contributed by atoms with Crippen molar-refractivity contribution in [3.8, 4) is 0 Å². The van der Waals surface area contributed by atoms with Crippen LogP contribution in [0.2, 0.25) is 0 Å². The minimum atomic E-state index is -1.50. The predicted octanol–water partition coefficient (Wildman–Crippen LogP) is 1.47. The molecule has 0 aliphatic heterocycles. The Morgan fingerprint density at radius 3 is 2.32 bits per heavy atom. The van der Waals surface area contributed by atoms with Gasteiger partial charge in [0.1, 0.15) is 0 Å². The summed E-state index contributed by atoms with van der Waals surface area (Å²) >= 11 is 0. The van der Waals surface area contributed by atoms with Crippen LogP contribution in [0.3, 0.4) is 0 Å². The number of rotatable bonds is 11. The van der Waals surface area contributed by atoms with E-state index in [1.54, 1.807) is 21.0 Å². The molecule has 1 unspecified atom stereocenters. The van der Waals surface area contributed by atoms with Crippen LogP contribution in [-0.4, -0.2) is 50.6 Å². The molecular formula is C13H24O6. The van der Waals surface area contributed by atoms with Gasteiger partial charge >= 0.3 is 11.9 Å². The molecule has 1 N–H and O–H groups in total. The van der Waals surface area contributed by atoms with Crippen LogP contribution >= 0.6 is 0 Å². The van der Waals surface area contributed by atoms with Crippen LogP contribution in [-0.2, 0) is 23.8 Å². The highest BCUT2D eigenvalue weighted by atomic mass is 16.5. The van der Waals surface area contributed by atoms with Crippen molar-refractivity contribution in [1.82, 2.24) is 0 Å². The van der Waals surface area contributed by atoms with Crippen LogP contribution in [0, 0.1) is 5.41 Å². The lowest BCUT2D eigenvalue weighted by Gasteiger charge is -2.25. The highest BCUT2D eigenvalue weighted by molar-refractivity contribution is 5.99. The number of carbonyl (C=O) groups is 2. The molecule has 112 valence electrons. The molecule has 0 aromatic carbocycles. The summed E-state index contributed by atoms with van der Waals surface area (Å²) in [4.78, 5) is 23.2. The molecule has 0 amide bonds. The highest BCUT2D eigenvalue weighted by Gasteiger charge is 2.45. The van der Waals surface area contributed by atoms with Crippen molar-refractivity contribution < 1.29 is 28.9 Å². The molecule has 6 nitrogen and oxygen atoms in total. The van der Waals surface area contributed by atoms with E-state index in [-0.39, 0.29) is 26.1 Å². The summed E-state index contributed by atoms with van der Waals surface area (Å²) < 4.78 is 15.1. The highest BCUT2D eigenvalue weighted by Crippen LogP contribution is 2.29. The van der Waals surface area contributed by atoms with Gasteiger partial charge in [-0.05, 0) is 26.2 Å². The molecule has 6 heteroatoms. The average Bonchev–Trinajstić information content (AvgIpc) is 2.38. The Hall–Kier alpha value is -1.14.